The molecule has 0 fully saturated rings. The summed E-state index contributed by atoms with van der Waals surface area (Å²) in [4.78, 5) is 12.3. The van der Waals surface area contributed by atoms with Gasteiger partial charge in [-0.1, -0.05) is 35.9 Å². The predicted molar refractivity (Wildman–Crippen MR) is 145 cm³/mol. The maximum absolute atomic E-state index is 12.3. The van der Waals surface area contributed by atoms with E-state index in [9.17, 15) is 4.79 Å². The normalized spacial score (nSPS) is 19.7. The van der Waals surface area contributed by atoms with Crippen LogP contribution in [0.5, 0.6) is 11.5 Å². The third-order valence-electron chi connectivity index (χ3n) is 6.78. The molecule has 5 nitrogen and oxygen atoms in total. The van der Waals surface area contributed by atoms with Gasteiger partial charge in [0, 0.05) is 16.6 Å². The number of anilines is 1. The number of methoxy groups -OCH3 is 1. The van der Waals surface area contributed by atoms with Crippen LogP contribution < -0.4 is 14.8 Å². The maximum Gasteiger partial charge on any atom is 0.338 e. The van der Waals surface area contributed by atoms with Crippen molar-refractivity contribution in [2.75, 3.05) is 19.0 Å². The monoisotopic (exact) mass is 567 g/mol. The Balaban J connectivity index is 1.43. The van der Waals surface area contributed by atoms with E-state index in [1.165, 1.54) is 0 Å². The second-order valence-electron chi connectivity index (χ2n) is 8.95. The van der Waals surface area contributed by atoms with Gasteiger partial charge in [-0.25, -0.2) is 4.79 Å². The SMILES string of the molecule is CCOC(=O)c1ccc2c(c1)[C@@H]1C=CC[C@@H]1[C@H](c1cc(Br)c(OCc3ccc(Cl)cc3)c(OC)c1)N2. The average molecular weight is 569 g/mol. The number of halogens is 2. The number of carbonyl (C=O) groups is 1. The lowest BCUT2D eigenvalue weighted by atomic mass is 9.76. The van der Waals surface area contributed by atoms with E-state index in [2.05, 4.69) is 39.5 Å². The first-order valence-corrected chi connectivity index (χ1v) is 13.1. The van der Waals surface area contributed by atoms with Gasteiger partial charge in [-0.3, -0.25) is 0 Å². The van der Waals surface area contributed by atoms with E-state index in [0.717, 1.165) is 33.3 Å². The Morgan fingerprint density at radius 2 is 1.94 bits per heavy atom. The molecule has 1 N–H and O–H groups in total. The van der Waals surface area contributed by atoms with Crippen molar-refractivity contribution >= 4 is 39.2 Å². The molecule has 36 heavy (non-hydrogen) atoms. The van der Waals surface area contributed by atoms with Gasteiger partial charge in [0.2, 0.25) is 0 Å². The molecule has 0 radical (unpaired) electrons. The minimum atomic E-state index is -0.288. The number of fused-ring (bicyclic) bond motifs is 3. The fraction of sp³-hybridized carbons (Fsp3) is 0.276. The Morgan fingerprint density at radius 3 is 2.69 bits per heavy atom. The van der Waals surface area contributed by atoms with E-state index in [1.54, 1.807) is 7.11 Å². The summed E-state index contributed by atoms with van der Waals surface area (Å²) in [5.41, 5.74) is 4.87. The van der Waals surface area contributed by atoms with Crippen LogP contribution >= 0.6 is 27.5 Å². The van der Waals surface area contributed by atoms with Crippen LogP contribution in [0.3, 0.4) is 0 Å². The first kappa shape index (κ1) is 24.7. The lowest BCUT2D eigenvalue weighted by Crippen LogP contribution is -2.29. The highest BCUT2D eigenvalue weighted by molar-refractivity contribution is 9.10. The molecule has 1 aliphatic carbocycles. The van der Waals surface area contributed by atoms with Crippen LogP contribution in [-0.4, -0.2) is 19.7 Å². The second-order valence-corrected chi connectivity index (χ2v) is 10.2. The van der Waals surface area contributed by atoms with Gasteiger partial charge in [0.05, 0.1) is 29.8 Å². The van der Waals surface area contributed by atoms with Crippen molar-refractivity contribution in [1.82, 2.24) is 0 Å². The van der Waals surface area contributed by atoms with Crippen molar-refractivity contribution in [1.29, 1.82) is 0 Å². The molecule has 0 spiro atoms. The molecule has 0 saturated heterocycles. The fourth-order valence-corrected chi connectivity index (χ4v) is 5.76. The van der Waals surface area contributed by atoms with E-state index in [-0.39, 0.29) is 17.9 Å². The van der Waals surface area contributed by atoms with Crippen LogP contribution in [0.1, 0.15) is 52.4 Å². The van der Waals surface area contributed by atoms with Crippen LogP contribution in [0, 0.1) is 5.92 Å². The number of carbonyl (C=O) groups excluding carboxylic acids is 1. The van der Waals surface area contributed by atoms with Crippen molar-refractivity contribution in [3.8, 4) is 11.5 Å². The minimum absolute atomic E-state index is 0.0708. The summed E-state index contributed by atoms with van der Waals surface area (Å²) in [6.07, 6.45) is 5.42. The number of hydrogen-bond acceptors (Lipinski definition) is 5. The number of esters is 1. The summed E-state index contributed by atoms with van der Waals surface area (Å²) in [5, 5.41) is 4.42. The molecule has 186 valence electrons. The Morgan fingerprint density at radius 1 is 1.14 bits per heavy atom. The molecule has 0 saturated carbocycles. The number of ether oxygens (including phenoxy) is 3. The summed E-state index contributed by atoms with van der Waals surface area (Å²) in [5.74, 6) is 1.57. The van der Waals surface area contributed by atoms with Crippen molar-refractivity contribution in [2.45, 2.75) is 31.9 Å². The van der Waals surface area contributed by atoms with E-state index >= 15 is 0 Å². The van der Waals surface area contributed by atoms with Crippen LogP contribution in [-0.2, 0) is 11.3 Å². The van der Waals surface area contributed by atoms with Gasteiger partial charge in [-0.15, -0.1) is 0 Å². The van der Waals surface area contributed by atoms with Crippen molar-refractivity contribution in [3.05, 3.63) is 98.5 Å². The standard InChI is InChI=1S/C29H27BrClNO4/c1-3-35-29(33)18-9-12-25-23(13-18)21-5-4-6-22(21)27(32-25)19-14-24(30)28(26(15-19)34-2)36-16-17-7-10-20(31)11-8-17/h4-5,7-15,21-22,27,32H,3,6,16H2,1-2H3/t21-,22+,27+/m1/s1. The zero-order valence-corrected chi connectivity index (χ0v) is 22.4. The molecular formula is C29H27BrClNO4. The van der Waals surface area contributed by atoms with Gasteiger partial charge in [-0.05, 0) is 94.3 Å². The van der Waals surface area contributed by atoms with Gasteiger partial charge in [-0.2, -0.15) is 0 Å². The van der Waals surface area contributed by atoms with Crippen LogP contribution in [0.4, 0.5) is 5.69 Å². The van der Waals surface area contributed by atoms with Gasteiger partial charge in [0.25, 0.3) is 0 Å². The quantitative estimate of drug-likeness (QED) is 0.234. The molecule has 0 bridgehead atoms. The summed E-state index contributed by atoms with van der Waals surface area (Å²) >= 11 is 9.71. The van der Waals surface area contributed by atoms with Crippen molar-refractivity contribution in [2.24, 2.45) is 5.92 Å². The topological polar surface area (TPSA) is 56.8 Å². The zero-order valence-electron chi connectivity index (χ0n) is 20.1. The Kier molecular flexibility index (Phi) is 7.26. The number of rotatable bonds is 7. The number of allylic oxidation sites excluding steroid dienone is 2. The molecule has 3 aromatic carbocycles. The summed E-state index contributed by atoms with van der Waals surface area (Å²) in [7, 11) is 1.65. The molecule has 0 unspecified atom stereocenters. The molecule has 5 rings (SSSR count). The average Bonchev–Trinajstić information content (AvgIpc) is 3.38. The Labute approximate surface area is 224 Å². The molecule has 3 atom stereocenters. The van der Waals surface area contributed by atoms with Gasteiger partial charge in [0.15, 0.2) is 11.5 Å². The van der Waals surface area contributed by atoms with Crippen LogP contribution in [0.2, 0.25) is 5.02 Å². The van der Waals surface area contributed by atoms with Crippen LogP contribution in [0.25, 0.3) is 0 Å². The lowest BCUT2D eigenvalue weighted by Gasteiger charge is -2.38. The first-order chi connectivity index (χ1) is 17.5. The third kappa shape index (κ3) is 4.84. The van der Waals surface area contributed by atoms with E-state index in [4.69, 9.17) is 25.8 Å². The van der Waals surface area contributed by atoms with Gasteiger partial charge >= 0.3 is 5.97 Å². The molecule has 0 amide bonds. The van der Waals surface area contributed by atoms with E-state index in [0.29, 0.717) is 41.2 Å². The largest absolute Gasteiger partial charge is 0.493 e. The number of nitrogens with one attached hydrogen (secondary N) is 1. The highest BCUT2D eigenvalue weighted by atomic mass is 79.9. The van der Waals surface area contributed by atoms with Crippen molar-refractivity contribution in [3.63, 3.8) is 0 Å². The molecule has 1 heterocycles. The second kappa shape index (κ2) is 10.6. The highest BCUT2D eigenvalue weighted by Crippen LogP contribution is 2.51. The maximum atomic E-state index is 12.3. The summed E-state index contributed by atoms with van der Waals surface area (Å²) in [6, 6.07) is 17.6. The number of hydrogen-bond donors (Lipinski definition) is 1. The smallest absolute Gasteiger partial charge is 0.338 e. The van der Waals surface area contributed by atoms with Gasteiger partial charge < -0.3 is 19.5 Å². The number of benzene rings is 3. The fourth-order valence-electron chi connectivity index (χ4n) is 5.06. The molecule has 1 aliphatic heterocycles. The Bertz CT molecular complexity index is 1310. The summed E-state index contributed by atoms with van der Waals surface area (Å²) in [6.45, 7) is 2.58. The minimum Gasteiger partial charge on any atom is -0.493 e. The molecule has 0 aromatic heterocycles. The molecular weight excluding hydrogens is 542 g/mol. The predicted octanol–water partition coefficient (Wildman–Crippen LogP) is 7.69. The van der Waals surface area contributed by atoms with Gasteiger partial charge in [0.1, 0.15) is 6.61 Å². The van der Waals surface area contributed by atoms with Crippen molar-refractivity contribution < 1.29 is 19.0 Å². The Hall–Kier alpha value is -2.96. The zero-order chi connectivity index (χ0) is 25.2. The molecule has 3 aromatic rings. The third-order valence-corrected chi connectivity index (χ3v) is 7.62. The first-order valence-electron chi connectivity index (χ1n) is 12.0. The molecule has 7 heteroatoms. The molecule has 2 aliphatic rings. The summed E-state index contributed by atoms with van der Waals surface area (Å²) < 4.78 is 17.9. The lowest BCUT2D eigenvalue weighted by molar-refractivity contribution is 0.0526. The van der Waals surface area contributed by atoms with E-state index in [1.807, 2.05) is 55.5 Å². The van der Waals surface area contributed by atoms with Crippen LogP contribution in [0.15, 0.2) is 71.2 Å². The highest BCUT2D eigenvalue weighted by Gasteiger charge is 2.38. The van der Waals surface area contributed by atoms with E-state index < -0.39 is 0 Å².